The number of imidazole rings is 1. The standard InChI is InChI=1S/C10H11N3O2/c1-6(2)13-7-4-3-5-11-8(7)12-9(13)10(14)15/h3-6H,1-2H3,(H,14,15). The van der Waals surface area contributed by atoms with Gasteiger partial charge in [-0.05, 0) is 26.0 Å². The number of fused-ring (bicyclic) bond motifs is 1. The van der Waals surface area contributed by atoms with Gasteiger partial charge >= 0.3 is 5.97 Å². The summed E-state index contributed by atoms with van der Waals surface area (Å²) >= 11 is 0. The van der Waals surface area contributed by atoms with Crippen LogP contribution in [-0.2, 0) is 0 Å². The summed E-state index contributed by atoms with van der Waals surface area (Å²) in [4.78, 5) is 19.0. The molecule has 0 amide bonds. The lowest BCUT2D eigenvalue weighted by Gasteiger charge is -2.09. The van der Waals surface area contributed by atoms with Crippen molar-refractivity contribution in [1.82, 2.24) is 14.5 Å². The van der Waals surface area contributed by atoms with E-state index in [0.717, 1.165) is 5.52 Å². The summed E-state index contributed by atoms with van der Waals surface area (Å²) in [6.07, 6.45) is 1.60. The van der Waals surface area contributed by atoms with Crippen molar-refractivity contribution in [3.8, 4) is 0 Å². The molecule has 0 aliphatic heterocycles. The molecule has 0 aromatic carbocycles. The second-order valence-corrected chi connectivity index (χ2v) is 3.55. The molecule has 2 aromatic heterocycles. The van der Waals surface area contributed by atoms with Gasteiger partial charge in [0.15, 0.2) is 5.65 Å². The molecule has 0 saturated heterocycles. The summed E-state index contributed by atoms with van der Waals surface area (Å²) in [7, 11) is 0. The van der Waals surface area contributed by atoms with E-state index >= 15 is 0 Å². The topological polar surface area (TPSA) is 68.0 Å². The molecule has 0 saturated carbocycles. The Morgan fingerprint density at radius 1 is 1.53 bits per heavy atom. The van der Waals surface area contributed by atoms with Crippen LogP contribution in [0.5, 0.6) is 0 Å². The van der Waals surface area contributed by atoms with Crippen molar-refractivity contribution in [2.24, 2.45) is 0 Å². The Morgan fingerprint density at radius 2 is 2.27 bits per heavy atom. The molecule has 0 bridgehead atoms. The van der Waals surface area contributed by atoms with E-state index in [1.807, 2.05) is 19.9 Å². The van der Waals surface area contributed by atoms with Crippen molar-refractivity contribution in [1.29, 1.82) is 0 Å². The average Bonchev–Trinajstić information content (AvgIpc) is 2.56. The zero-order chi connectivity index (χ0) is 11.0. The number of carboxylic acids is 1. The second-order valence-electron chi connectivity index (χ2n) is 3.55. The molecule has 2 aromatic rings. The molecule has 0 aliphatic carbocycles. The maximum Gasteiger partial charge on any atom is 0.372 e. The molecule has 0 spiro atoms. The molecule has 0 fully saturated rings. The minimum absolute atomic E-state index is 0.0405. The smallest absolute Gasteiger partial charge is 0.372 e. The van der Waals surface area contributed by atoms with Crippen LogP contribution in [0.4, 0.5) is 0 Å². The predicted octanol–water partition coefficient (Wildman–Crippen LogP) is 1.71. The number of carbonyl (C=O) groups is 1. The van der Waals surface area contributed by atoms with Crippen molar-refractivity contribution in [2.45, 2.75) is 19.9 Å². The van der Waals surface area contributed by atoms with E-state index in [0.29, 0.717) is 5.65 Å². The Morgan fingerprint density at radius 3 is 2.87 bits per heavy atom. The molecule has 5 nitrogen and oxygen atoms in total. The van der Waals surface area contributed by atoms with Crippen molar-refractivity contribution in [3.63, 3.8) is 0 Å². The van der Waals surface area contributed by atoms with Crippen LogP contribution in [0.1, 0.15) is 30.5 Å². The number of aromatic carboxylic acids is 1. The van der Waals surface area contributed by atoms with Crippen LogP contribution in [0.25, 0.3) is 11.2 Å². The van der Waals surface area contributed by atoms with Gasteiger partial charge in [-0.15, -0.1) is 0 Å². The third kappa shape index (κ3) is 1.45. The number of rotatable bonds is 2. The van der Waals surface area contributed by atoms with Crippen LogP contribution in [0, 0.1) is 0 Å². The zero-order valence-corrected chi connectivity index (χ0v) is 8.51. The van der Waals surface area contributed by atoms with E-state index in [4.69, 9.17) is 5.11 Å². The monoisotopic (exact) mass is 205 g/mol. The second kappa shape index (κ2) is 3.34. The van der Waals surface area contributed by atoms with Crippen LogP contribution in [-0.4, -0.2) is 25.6 Å². The van der Waals surface area contributed by atoms with E-state index in [1.165, 1.54) is 0 Å². The van der Waals surface area contributed by atoms with E-state index in [9.17, 15) is 4.79 Å². The molecular formula is C10H11N3O2. The van der Waals surface area contributed by atoms with Crippen LogP contribution in [0.3, 0.4) is 0 Å². The molecule has 2 heterocycles. The number of aromatic nitrogens is 3. The Labute approximate surface area is 86.4 Å². The van der Waals surface area contributed by atoms with Gasteiger partial charge in [-0.25, -0.2) is 14.8 Å². The first-order valence-corrected chi connectivity index (χ1v) is 4.67. The Hall–Kier alpha value is -1.91. The largest absolute Gasteiger partial charge is 0.475 e. The molecule has 1 N–H and O–H groups in total. The van der Waals surface area contributed by atoms with Crippen LogP contribution in [0.2, 0.25) is 0 Å². The normalized spacial score (nSPS) is 11.1. The summed E-state index contributed by atoms with van der Waals surface area (Å²) in [6.45, 7) is 3.83. The molecule has 2 rings (SSSR count). The third-order valence-corrected chi connectivity index (χ3v) is 2.17. The summed E-state index contributed by atoms with van der Waals surface area (Å²) < 4.78 is 1.67. The third-order valence-electron chi connectivity index (χ3n) is 2.17. The van der Waals surface area contributed by atoms with Crippen molar-refractivity contribution in [2.75, 3.05) is 0 Å². The first-order valence-electron chi connectivity index (χ1n) is 4.67. The first-order chi connectivity index (χ1) is 7.11. The van der Waals surface area contributed by atoms with Gasteiger partial charge in [0.2, 0.25) is 5.82 Å². The highest BCUT2D eigenvalue weighted by atomic mass is 16.4. The molecule has 78 valence electrons. The van der Waals surface area contributed by atoms with Crippen LogP contribution >= 0.6 is 0 Å². The lowest BCUT2D eigenvalue weighted by Crippen LogP contribution is -2.11. The van der Waals surface area contributed by atoms with Gasteiger partial charge in [0.25, 0.3) is 0 Å². The lowest BCUT2D eigenvalue weighted by atomic mass is 10.3. The fraction of sp³-hybridized carbons (Fsp3) is 0.300. The highest BCUT2D eigenvalue weighted by Gasteiger charge is 2.18. The van der Waals surface area contributed by atoms with E-state index < -0.39 is 5.97 Å². The van der Waals surface area contributed by atoms with Gasteiger partial charge in [0.1, 0.15) is 0 Å². The molecular weight excluding hydrogens is 194 g/mol. The molecule has 15 heavy (non-hydrogen) atoms. The fourth-order valence-corrected chi connectivity index (χ4v) is 1.60. The van der Waals surface area contributed by atoms with Crippen molar-refractivity contribution in [3.05, 3.63) is 24.2 Å². The van der Waals surface area contributed by atoms with E-state index in [-0.39, 0.29) is 11.9 Å². The van der Waals surface area contributed by atoms with Gasteiger partial charge < -0.3 is 9.67 Å². The maximum atomic E-state index is 11.0. The lowest BCUT2D eigenvalue weighted by molar-refractivity contribution is 0.0677. The summed E-state index contributed by atoms with van der Waals surface area (Å²) in [5, 5.41) is 9.00. The fourth-order valence-electron chi connectivity index (χ4n) is 1.60. The number of carboxylic acid groups (broad SMARTS) is 1. The minimum Gasteiger partial charge on any atom is -0.475 e. The van der Waals surface area contributed by atoms with Gasteiger partial charge in [-0.2, -0.15) is 0 Å². The quantitative estimate of drug-likeness (QED) is 0.810. The first kappa shape index (κ1) is 9.64. The number of pyridine rings is 1. The average molecular weight is 205 g/mol. The van der Waals surface area contributed by atoms with Gasteiger partial charge in [-0.1, -0.05) is 0 Å². The Bertz CT molecular complexity index is 516. The van der Waals surface area contributed by atoms with Crippen molar-refractivity contribution >= 4 is 17.1 Å². The molecule has 0 atom stereocenters. The molecule has 0 radical (unpaired) electrons. The number of nitrogens with zero attached hydrogens (tertiary/aromatic N) is 3. The molecule has 5 heteroatoms. The summed E-state index contributed by atoms with van der Waals surface area (Å²) in [6, 6.07) is 3.64. The molecule has 0 aliphatic rings. The van der Waals surface area contributed by atoms with Crippen LogP contribution in [0.15, 0.2) is 18.3 Å². The van der Waals surface area contributed by atoms with Crippen molar-refractivity contribution < 1.29 is 9.90 Å². The van der Waals surface area contributed by atoms with Gasteiger partial charge in [0, 0.05) is 12.2 Å². The minimum atomic E-state index is -1.03. The SMILES string of the molecule is CC(C)n1c(C(=O)O)nc2ncccc21. The van der Waals surface area contributed by atoms with Gasteiger partial charge in [-0.3, -0.25) is 0 Å². The Balaban J connectivity index is 2.80. The highest BCUT2D eigenvalue weighted by molar-refractivity contribution is 5.88. The van der Waals surface area contributed by atoms with Crippen LogP contribution < -0.4 is 0 Å². The van der Waals surface area contributed by atoms with Gasteiger partial charge in [0.05, 0.1) is 5.52 Å². The van der Waals surface area contributed by atoms with E-state index in [1.54, 1.807) is 16.8 Å². The van der Waals surface area contributed by atoms with E-state index in [2.05, 4.69) is 9.97 Å². The molecule has 0 unspecified atom stereocenters. The summed E-state index contributed by atoms with van der Waals surface area (Å²) in [5.74, 6) is -0.986. The Kier molecular flexibility index (Phi) is 2.15. The number of hydrogen-bond acceptors (Lipinski definition) is 3. The highest BCUT2D eigenvalue weighted by Crippen LogP contribution is 2.18. The number of hydrogen-bond donors (Lipinski definition) is 1. The predicted molar refractivity (Wildman–Crippen MR) is 54.9 cm³/mol. The summed E-state index contributed by atoms with van der Waals surface area (Å²) in [5.41, 5.74) is 1.23. The zero-order valence-electron chi connectivity index (χ0n) is 8.51. The maximum absolute atomic E-state index is 11.0.